The molecule has 21 heavy (non-hydrogen) atoms. The molecule has 1 fully saturated rings. The third-order valence-corrected chi connectivity index (χ3v) is 4.43. The Morgan fingerprint density at radius 3 is 2.57 bits per heavy atom. The van der Waals surface area contributed by atoms with Crippen molar-refractivity contribution in [3.8, 4) is 11.4 Å². The van der Waals surface area contributed by atoms with Crippen LogP contribution in [0.25, 0.3) is 11.4 Å². The van der Waals surface area contributed by atoms with Crippen molar-refractivity contribution in [2.24, 2.45) is 5.73 Å². The SMILES string of the molecule is CC[C@H](N)c1ccc(-c2noc(C3CCCCC3)n2)cc1. The number of nitrogens with two attached hydrogens (primary N) is 1. The van der Waals surface area contributed by atoms with Gasteiger partial charge in [0.25, 0.3) is 0 Å². The van der Waals surface area contributed by atoms with Crippen LogP contribution >= 0.6 is 0 Å². The molecule has 0 amide bonds. The molecule has 2 aromatic rings. The second-order valence-corrected chi connectivity index (χ2v) is 5.93. The van der Waals surface area contributed by atoms with Crippen LogP contribution in [-0.2, 0) is 0 Å². The van der Waals surface area contributed by atoms with Crippen LogP contribution in [0.1, 0.15) is 68.9 Å². The Morgan fingerprint density at radius 2 is 1.90 bits per heavy atom. The fourth-order valence-electron chi connectivity index (χ4n) is 2.98. The Bertz CT molecular complexity index is 570. The summed E-state index contributed by atoms with van der Waals surface area (Å²) in [6.07, 6.45) is 7.15. The van der Waals surface area contributed by atoms with E-state index in [1.54, 1.807) is 0 Å². The Morgan fingerprint density at radius 1 is 1.19 bits per heavy atom. The molecular formula is C17H23N3O. The molecule has 1 heterocycles. The van der Waals surface area contributed by atoms with Gasteiger partial charge in [-0.15, -0.1) is 0 Å². The second-order valence-electron chi connectivity index (χ2n) is 5.93. The number of aromatic nitrogens is 2. The monoisotopic (exact) mass is 285 g/mol. The van der Waals surface area contributed by atoms with Crippen molar-refractivity contribution in [3.63, 3.8) is 0 Å². The highest BCUT2D eigenvalue weighted by molar-refractivity contribution is 5.54. The van der Waals surface area contributed by atoms with Gasteiger partial charge in [0.1, 0.15) is 0 Å². The lowest BCUT2D eigenvalue weighted by Gasteiger charge is -2.17. The van der Waals surface area contributed by atoms with Gasteiger partial charge in [-0.1, -0.05) is 55.6 Å². The molecule has 0 unspecified atom stereocenters. The lowest BCUT2D eigenvalue weighted by molar-refractivity contribution is 0.314. The first kappa shape index (κ1) is 14.3. The standard InChI is InChI=1S/C17H23N3O/c1-2-15(18)12-8-10-13(11-9-12)16-19-17(21-20-16)14-6-4-3-5-7-14/h8-11,14-15H,2-7,18H2,1H3/t15-/m0/s1. The van der Waals surface area contributed by atoms with E-state index in [0.29, 0.717) is 11.7 Å². The molecule has 4 nitrogen and oxygen atoms in total. The Balaban J connectivity index is 1.76. The Kier molecular flexibility index (Phi) is 4.34. The molecule has 1 aromatic carbocycles. The summed E-state index contributed by atoms with van der Waals surface area (Å²) in [5, 5.41) is 4.14. The zero-order valence-corrected chi connectivity index (χ0v) is 12.6. The largest absolute Gasteiger partial charge is 0.339 e. The molecule has 1 atom stereocenters. The highest BCUT2D eigenvalue weighted by Gasteiger charge is 2.21. The maximum atomic E-state index is 6.03. The average molecular weight is 285 g/mol. The van der Waals surface area contributed by atoms with E-state index in [-0.39, 0.29) is 6.04 Å². The van der Waals surface area contributed by atoms with Gasteiger partial charge in [-0.2, -0.15) is 4.98 Å². The van der Waals surface area contributed by atoms with Crippen LogP contribution in [-0.4, -0.2) is 10.1 Å². The number of benzene rings is 1. The fraction of sp³-hybridized carbons (Fsp3) is 0.529. The van der Waals surface area contributed by atoms with E-state index in [4.69, 9.17) is 10.3 Å². The summed E-state index contributed by atoms with van der Waals surface area (Å²) in [7, 11) is 0. The normalized spacial score (nSPS) is 17.8. The van der Waals surface area contributed by atoms with E-state index in [1.807, 2.05) is 12.1 Å². The molecule has 1 aliphatic rings. The molecule has 0 aliphatic heterocycles. The van der Waals surface area contributed by atoms with Gasteiger partial charge >= 0.3 is 0 Å². The minimum atomic E-state index is 0.0992. The summed E-state index contributed by atoms with van der Waals surface area (Å²) in [5.74, 6) is 1.94. The molecule has 4 heteroatoms. The quantitative estimate of drug-likeness (QED) is 0.914. The second kappa shape index (κ2) is 6.39. The molecule has 2 N–H and O–H groups in total. The van der Waals surface area contributed by atoms with Crippen LogP contribution in [0, 0.1) is 0 Å². The van der Waals surface area contributed by atoms with E-state index in [9.17, 15) is 0 Å². The zero-order chi connectivity index (χ0) is 14.7. The van der Waals surface area contributed by atoms with Gasteiger partial charge in [-0.05, 0) is 24.8 Å². The molecule has 0 radical (unpaired) electrons. The van der Waals surface area contributed by atoms with Crippen molar-refractivity contribution in [2.45, 2.75) is 57.4 Å². The first-order chi connectivity index (χ1) is 10.3. The van der Waals surface area contributed by atoms with E-state index >= 15 is 0 Å². The van der Waals surface area contributed by atoms with Crippen LogP contribution in [0.15, 0.2) is 28.8 Å². The highest BCUT2D eigenvalue weighted by atomic mass is 16.5. The van der Waals surface area contributed by atoms with Crippen LogP contribution in [0.2, 0.25) is 0 Å². The molecule has 0 spiro atoms. The molecule has 0 bridgehead atoms. The predicted octanol–water partition coefficient (Wildman–Crippen LogP) is 4.19. The third kappa shape index (κ3) is 3.16. The van der Waals surface area contributed by atoms with Crippen LogP contribution in [0.5, 0.6) is 0 Å². The van der Waals surface area contributed by atoms with Gasteiger partial charge in [0.15, 0.2) is 0 Å². The van der Waals surface area contributed by atoms with Gasteiger partial charge in [-0.3, -0.25) is 0 Å². The molecule has 112 valence electrons. The summed E-state index contributed by atoms with van der Waals surface area (Å²) in [6.45, 7) is 2.09. The van der Waals surface area contributed by atoms with Crippen molar-refractivity contribution in [2.75, 3.05) is 0 Å². The Hall–Kier alpha value is -1.68. The molecule has 1 saturated carbocycles. The molecule has 0 saturated heterocycles. The van der Waals surface area contributed by atoms with Crippen molar-refractivity contribution >= 4 is 0 Å². The van der Waals surface area contributed by atoms with Gasteiger partial charge in [-0.25, -0.2) is 0 Å². The third-order valence-electron chi connectivity index (χ3n) is 4.43. The lowest BCUT2D eigenvalue weighted by Crippen LogP contribution is -2.08. The summed E-state index contributed by atoms with van der Waals surface area (Å²) in [6, 6.07) is 8.27. The smallest absolute Gasteiger partial charge is 0.230 e. The summed E-state index contributed by atoms with van der Waals surface area (Å²) in [4.78, 5) is 4.59. The van der Waals surface area contributed by atoms with Gasteiger partial charge in [0.2, 0.25) is 11.7 Å². The molecule has 1 aliphatic carbocycles. The number of nitrogens with zero attached hydrogens (tertiary/aromatic N) is 2. The Labute approximate surface area is 125 Å². The van der Waals surface area contributed by atoms with E-state index in [0.717, 1.165) is 23.4 Å². The average Bonchev–Trinajstić information content (AvgIpc) is 3.05. The van der Waals surface area contributed by atoms with E-state index in [2.05, 4.69) is 29.2 Å². The fourth-order valence-corrected chi connectivity index (χ4v) is 2.98. The first-order valence-electron chi connectivity index (χ1n) is 7.97. The summed E-state index contributed by atoms with van der Waals surface area (Å²) < 4.78 is 5.47. The predicted molar refractivity (Wildman–Crippen MR) is 82.8 cm³/mol. The maximum absolute atomic E-state index is 6.03. The molecule has 1 aromatic heterocycles. The zero-order valence-electron chi connectivity index (χ0n) is 12.6. The minimum Gasteiger partial charge on any atom is -0.339 e. The van der Waals surface area contributed by atoms with Crippen LogP contribution in [0.4, 0.5) is 0 Å². The van der Waals surface area contributed by atoms with Gasteiger partial charge < -0.3 is 10.3 Å². The maximum Gasteiger partial charge on any atom is 0.230 e. The highest BCUT2D eigenvalue weighted by Crippen LogP contribution is 2.32. The first-order valence-corrected chi connectivity index (χ1v) is 7.97. The number of rotatable bonds is 4. The molecule has 3 rings (SSSR count). The van der Waals surface area contributed by atoms with Crippen molar-refractivity contribution in [3.05, 3.63) is 35.7 Å². The van der Waals surface area contributed by atoms with Gasteiger partial charge in [0.05, 0.1) is 0 Å². The summed E-state index contributed by atoms with van der Waals surface area (Å²) >= 11 is 0. The lowest BCUT2D eigenvalue weighted by atomic mass is 9.89. The van der Waals surface area contributed by atoms with Crippen molar-refractivity contribution < 1.29 is 4.52 Å². The van der Waals surface area contributed by atoms with E-state index < -0.39 is 0 Å². The minimum absolute atomic E-state index is 0.0992. The van der Waals surface area contributed by atoms with Crippen molar-refractivity contribution in [1.82, 2.24) is 10.1 Å². The number of hydrogen-bond donors (Lipinski definition) is 1. The van der Waals surface area contributed by atoms with Crippen molar-refractivity contribution in [1.29, 1.82) is 0 Å². The van der Waals surface area contributed by atoms with Crippen LogP contribution in [0.3, 0.4) is 0 Å². The summed E-state index contributed by atoms with van der Waals surface area (Å²) in [5.41, 5.74) is 8.18. The topological polar surface area (TPSA) is 64.9 Å². The molecular weight excluding hydrogens is 262 g/mol. The van der Waals surface area contributed by atoms with Crippen LogP contribution < -0.4 is 5.73 Å². The van der Waals surface area contributed by atoms with Gasteiger partial charge in [0, 0.05) is 17.5 Å². The number of hydrogen-bond acceptors (Lipinski definition) is 4. The van der Waals surface area contributed by atoms with E-state index in [1.165, 1.54) is 32.1 Å².